The van der Waals surface area contributed by atoms with Gasteiger partial charge in [0.05, 0.1) is 0 Å². The first kappa shape index (κ1) is 16.7. The highest BCUT2D eigenvalue weighted by Crippen LogP contribution is 2.24. The van der Waals surface area contributed by atoms with Crippen LogP contribution in [-0.4, -0.2) is 60.5 Å². The second-order valence-corrected chi connectivity index (χ2v) is 6.42. The Morgan fingerprint density at radius 3 is 2.79 bits per heavy atom. The Morgan fingerprint density at radius 2 is 2.04 bits per heavy atom. The molecule has 0 bridgehead atoms. The van der Waals surface area contributed by atoms with Gasteiger partial charge in [0.15, 0.2) is 0 Å². The molecule has 1 aromatic heterocycles. The van der Waals surface area contributed by atoms with Gasteiger partial charge in [-0.1, -0.05) is 30.3 Å². The van der Waals surface area contributed by atoms with E-state index < -0.39 is 0 Å². The van der Waals surface area contributed by atoms with Gasteiger partial charge >= 0.3 is 0 Å². The molecule has 3 rings (SSSR count). The minimum absolute atomic E-state index is 0.0296. The zero-order valence-electron chi connectivity index (χ0n) is 14.2. The van der Waals surface area contributed by atoms with Gasteiger partial charge in [-0.3, -0.25) is 9.69 Å². The van der Waals surface area contributed by atoms with Gasteiger partial charge in [0, 0.05) is 45.0 Å². The van der Waals surface area contributed by atoms with Crippen LogP contribution in [0.1, 0.15) is 28.5 Å². The molecule has 2 heterocycles. The van der Waals surface area contributed by atoms with E-state index in [9.17, 15) is 4.79 Å². The summed E-state index contributed by atoms with van der Waals surface area (Å²) in [5.74, 6) is -0.0296. The summed E-state index contributed by atoms with van der Waals surface area (Å²) in [6.45, 7) is 4.92. The Balaban J connectivity index is 1.50. The second kappa shape index (κ2) is 8.13. The number of piperazine rings is 1. The number of hydrogen-bond donors (Lipinski definition) is 2. The molecule has 128 valence electrons. The molecule has 1 amide bonds. The van der Waals surface area contributed by atoms with E-state index in [1.807, 2.05) is 6.07 Å². The quantitative estimate of drug-likeness (QED) is 0.800. The number of hydrogen-bond acceptors (Lipinski definition) is 3. The van der Waals surface area contributed by atoms with Crippen LogP contribution in [0.15, 0.2) is 48.7 Å². The van der Waals surface area contributed by atoms with Crippen molar-refractivity contribution in [2.45, 2.75) is 12.5 Å². The van der Waals surface area contributed by atoms with Gasteiger partial charge in [-0.25, -0.2) is 0 Å². The summed E-state index contributed by atoms with van der Waals surface area (Å²) in [5.41, 5.74) is 2.00. The van der Waals surface area contributed by atoms with Crippen molar-refractivity contribution in [3.63, 3.8) is 0 Å². The van der Waals surface area contributed by atoms with Gasteiger partial charge in [-0.2, -0.15) is 0 Å². The summed E-state index contributed by atoms with van der Waals surface area (Å²) in [5, 5.41) is 2.98. The predicted octanol–water partition coefficient (Wildman–Crippen LogP) is 2.12. The molecule has 1 aliphatic heterocycles. The lowest BCUT2D eigenvalue weighted by atomic mass is 10.0. The molecule has 1 saturated heterocycles. The third-order valence-corrected chi connectivity index (χ3v) is 4.63. The highest BCUT2D eigenvalue weighted by molar-refractivity contribution is 5.92. The van der Waals surface area contributed by atoms with Crippen LogP contribution in [0.4, 0.5) is 0 Å². The molecule has 1 fully saturated rings. The average molecular weight is 326 g/mol. The minimum atomic E-state index is -0.0296. The fraction of sp³-hybridized carbons (Fsp3) is 0.421. The molecule has 0 saturated carbocycles. The van der Waals surface area contributed by atoms with E-state index in [0.29, 0.717) is 18.3 Å². The molecule has 1 atom stereocenters. The van der Waals surface area contributed by atoms with Crippen LogP contribution in [0.5, 0.6) is 0 Å². The molecule has 1 aliphatic rings. The number of nitrogens with one attached hydrogen (secondary N) is 2. The first-order valence-electron chi connectivity index (χ1n) is 8.63. The van der Waals surface area contributed by atoms with E-state index >= 15 is 0 Å². The zero-order chi connectivity index (χ0) is 16.8. The summed E-state index contributed by atoms with van der Waals surface area (Å²) >= 11 is 0. The fourth-order valence-corrected chi connectivity index (χ4v) is 3.27. The Morgan fingerprint density at radius 1 is 1.21 bits per heavy atom. The van der Waals surface area contributed by atoms with E-state index in [1.165, 1.54) is 5.56 Å². The van der Waals surface area contributed by atoms with Crippen molar-refractivity contribution < 1.29 is 4.79 Å². The van der Waals surface area contributed by atoms with Crippen molar-refractivity contribution in [3.05, 3.63) is 59.9 Å². The maximum Gasteiger partial charge on any atom is 0.267 e. The number of carbonyl (C=O) groups is 1. The Hall–Kier alpha value is -2.11. The van der Waals surface area contributed by atoms with Crippen LogP contribution >= 0.6 is 0 Å². The molecule has 0 spiro atoms. The van der Waals surface area contributed by atoms with Gasteiger partial charge in [0.1, 0.15) is 5.69 Å². The molecule has 2 N–H and O–H groups in total. The summed E-state index contributed by atoms with van der Waals surface area (Å²) in [6, 6.07) is 14.8. The van der Waals surface area contributed by atoms with Crippen LogP contribution in [0.25, 0.3) is 0 Å². The van der Waals surface area contributed by atoms with Crippen LogP contribution in [-0.2, 0) is 0 Å². The van der Waals surface area contributed by atoms with Crippen molar-refractivity contribution in [3.8, 4) is 0 Å². The van der Waals surface area contributed by atoms with Crippen molar-refractivity contribution in [2.75, 3.05) is 39.8 Å². The highest BCUT2D eigenvalue weighted by atomic mass is 16.1. The summed E-state index contributed by atoms with van der Waals surface area (Å²) in [6.07, 6.45) is 2.73. The summed E-state index contributed by atoms with van der Waals surface area (Å²) in [4.78, 5) is 19.8. The minimum Gasteiger partial charge on any atom is -0.357 e. The number of carbonyl (C=O) groups excluding carboxylic acids is 1. The molecule has 5 nitrogen and oxygen atoms in total. The number of likely N-dealkylation sites (N-methyl/N-ethyl adjacent to an activating group) is 1. The van der Waals surface area contributed by atoms with E-state index in [1.54, 1.807) is 12.3 Å². The van der Waals surface area contributed by atoms with Gasteiger partial charge in [0.2, 0.25) is 0 Å². The molecule has 0 aliphatic carbocycles. The molecule has 5 heteroatoms. The molecule has 0 unspecified atom stereocenters. The zero-order valence-corrected chi connectivity index (χ0v) is 14.2. The Kier molecular flexibility index (Phi) is 5.67. The average Bonchev–Trinajstić information content (AvgIpc) is 3.15. The van der Waals surface area contributed by atoms with E-state index in [2.05, 4.69) is 57.5 Å². The maximum atomic E-state index is 11.9. The number of aromatic amines is 1. The SMILES string of the molecule is CN1CCN(CCCNC(=O)c2ccc[nH]2)[C@@H](c2ccccc2)C1. The van der Waals surface area contributed by atoms with Crippen LogP contribution in [0.3, 0.4) is 0 Å². The largest absolute Gasteiger partial charge is 0.357 e. The van der Waals surface area contributed by atoms with Gasteiger partial charge in [0.25, 0.3) is 5.91 Å². The summed E-state index contributed by atoms with van der Waals surface area (Å²) < 4.78 is 0. The van der Waals surface area contributed by atoms with E-state index in [4.69, 9.17) is 0 Å². The monoisotopic (exact) mass is 326 g/mol. The number of benzene rings is 1. The van der Waals surface area contributed by atoms with E-state index in [-0.39, 0.29) is 5.91 Å². The van der Waals surface area contributed by atoms with E-state index in [0.717, 1.165) is 32.6 Å². The highest BCUT2D eigenvalue weighted by Gasteiger charge is 2.25. The van der Waals surface area contributed by atoms with Crippen molar-refractivity contribution in [1.29, 1.82) is 0 Å². The smallest absolute Gasteiger partial charge is 0.267 e. The predicted molar refractivity (Wildman–Crippen MR) is 96.0 cm³/mol. The van der Waals surface area contributed by atoms with Crippen molar-refractivity contribution >= 4 is 5.91 Å². The number of nitrogens with zero attached hydrogens (tertiary/aromatic N) is 2. The van der Waals surface area contributed by atoms with Gasteiger partial charge in [-0.05, 0) is 31.2 Å². The number of amides is 1. The lowest BCUT2D eigenvalue weighted by Gasteiger charge is -2.40. The third kappa shape index (κ3) is 4.24. The first-order chi connectivity index (χ1) is 11.7. The molecule has 0 radical (unpaired) electrons. The van der Waals surface area contributed by atoms with Crippen molar-refractivity contribution in [2.24, 2.45) is 0 Å². The molecule has 1 aromatic carbocycles. The Bertz CT molecular complexity index is 626. The number of rotatable bonds is 6. The first-order valence-corrected chi connectivity index (χ1v) is 8.63. The van der Waals surface area contributed by atoms with Crippen molar-refractivity contribution in [1.82, 2.24) is 20.1 Å². The number of aromatic nitrogens is 1. The number of H-pyrrole nitrogens is 1. The van der Waals surface area contributed by atoms with Crippen LogP contribution in [0.2, 0.25) is 0 Å². The normalized spacial score (nSPS) is 19.3. The summed E-state index contributed by atoms with van der Waals surface area (Å²) in [7, 11) is 2.18. The molecule has 2 aromatic rings. The van der Waals surface area contributed by atoms with Crippen LogP contribution < -0.4 is 5.32 Å². The lowest BCUT2D eigenvalue weighted by Crippen LogP contribution is -2.47. The van der Waals surface area contributed by atoms with Gasteiger partial charge in [-0.15, -0.1) is 0 Å². The molecule has 24 heavy (non-hydrogen) atoms. The molecular weight excluding hydrogens is 300 g/mol. The Labute approximate surface area is 143 Å². The topological polar surface area (TPSA) is 51.4 Å². The standard InChI is InChI=1S/C19H26N4O/c1-22-13-14-23(18(15-22)16-7-3-2-4-8-16)12-6-11-21-19(24)17-9-5-10-20-17/h2-5,7-10,18,20H,6,11-15H2,1H3,(H,21,24)/t18-/m1/s1. The lowest BCUT2D eigenvalue weighted by molar-refractivity contribution is 0.0864. The molecular formula is C19H26N4O. The fourth-order valence-electron chi connectivity index (χ4n) is 3.27. The maximum absolute atomic E-state index is 11.9. The van der Waals surface area contributed by atoms with Crippen LogP contribution in [0, 0.1) is 0 Å². The second-order valence-electron chi connectivity index (χ2n) is 6.42. The third-order valence-electron chi connectivity index (χ3n) is 4.63. The van der Waals surface area contributed by atoms with Gasteiger partial charge < -0.3 is 15.2 Å².